The number of nitrogens with zero attached hydrogens (tertiary/aromatic N) is 2. The van der Waals surface area contributed by atoms with Gasteiger partial charge in [-0.05, 0) is 103 Å². The van der Waals surface area contributed by atoms with E-state index in [1.54, 1.807) is 29.7 Å². The van der Waals surface area contributed by atoms with Gasteiger partial charge in [-0.1, -0.05) is 32.9 Å². The molecular formula is C27H25Br2FN2OS. The summed E-state index contributed by atoms with van der Waals surface area (Å²) in [4.78, 5) is 6.01. The van der Waals surface area contributed by atoms with E-state index in [-0.39, 0.29) is 11.2 Å². The Morgan fingerprint density at radius 2 is 1.88 bits per heavy atom. The largest absolute Gasteiger partial charge is 0.487 e. The Morgan fingerprint density at radius 1 is 1.21 bits per heavy atom. The molecule has 0 unspecified atom stereocenters. The van der Waals surface area contributed by atoms with Gasteiger partial charge in [0.05, 0.1) is 14.5 Å². The van der Waals surface area contributed by atoms with E-state index in [1.165, 1.54) is 22.6 Å². The van der Waals surface area contributed by atoms with Crippen LogP contribution in [0.2, 0.25) is 0 Å². The molecule has 34 heavy (non-hydrogen) atoms. The van der Waals surface area contributed by atoms with Crippen molar-refractivity contribution < 1.29 is 9.13 Å². The molecule has 0 bridgehead atoms. The molecule has 3 aromatic rings. The molecule has 1 aromatic heterocycles. The minimum absolute atomic E-state index is 0.261. The van der Waals surface area contributed by atoms with Crippen LogP contribution in [0.25, 0.3) is 0 Å². The Balaban J connectivity index is 1.52. The maximum atomic E-state index is 13.1. The summed E-state index contributed by atoms with van der Waals surface area (Å²) in [5.74, 6) is 1.02. The number of hydrogen-bond acceptors (Lipinski definition) is 4. The van der Waals surface area contributed by atoms with Gasteiger partial charge in [0.1, 0.15) is 29.2 Å². The Bertz CT molecular complexity index is 1250. The molecule has 2 aromatic carbocycles. The van der Waals surface area contributed by atoms with Crippen LogP contribution in [0.4, 0.5) is 9.39 Å². The smallest absolute Gasteiger partial charge is 0.148 e. The lowest BCUT2D eigenvalue weighted by molar-refractivity contribution is 0.218. The minimum atomic E-state index is -0.269. The van der Waals surface area contributed by atoms with E-state index in [0.717, 1.165) is 49.9 Å². The van der Waals surface area contributed by atoms with Crippen LogP contribution >= 0.6 is 43.2 Å². The van der Waals surface area contributed by atoms with E-state index in [2.05, 4.69) is 58.7 Å². The van der Waals surface area contributed by atoms with Crippen LogP contribution in [0.15, 0.2) is 50.3 Å². The SMILES string of the molecule is CC(C)(C)[C@@H]1CCc2c(sc(N=Cc3cc(Br)c(OCc4ccc(F)cc4)c(Br)c3)c2C#N)C1. The predicted octanol–water partition coefficient (Wildman–Crippen LogP) is 8.76. The Labute approximate surface area is 220 Å². The molecule has 1 aliphatic rings. The van der Waals surface area contributed by atoms with E-state index >= 15 is 0 Å². The molecule has 0 radical (unpaired) electrons. The lowest BCUT2D eigenvalue weighted by Crippen LogP contribution is -2.26. The molecule has 1 heterocycles. The second-order valence-corrected chi connectivity index (χ2v) is 12.4. The van der Waals surface area contributed by atoms with Gasteiger partial charge in [-0.25, -0.2) is 9.38 Å². The van der Waals surface area contributed by atoms with Gasteiger partial charge in [0.15, 0.2) is 0 Å². The minimum Gasteiger partial charge on any atom is -0.487 e. The summed E-state index contributed by atoms with van der Waals surface area (Å²) in [6, 6.07) is 12.5. The van der Waals surface area contributed by atoms with E-state index in [0.29, 0.717) is 18.3 Å². The van der Waals surface area contributed by atoms with E-state index < -0.39 is 0 Å². The van der Waals surface area contributed by atoms with Crippen molar-refractivity contribution in [1.82, 2.24) is 0 Å². The van der Waals surface area contributed by atoms with Crippen molar-refractivity contribution in [3.8, 4) is 11.8 Å². The van der Waals surface area contributed by atoms with Crippen molar-refractivity contribution in [3.63, 3.8) is 0 Å². The first kappa shape index (κ1) is 25.1. The lowest BCUT2D eigenvalue weighted by atomic mass is 9.72. The third kappa shape index (κ3) is 5.62. The first-order valence-corrected chi connectivity index (χ1v) is 13.5. The molecule has 1 aliphatic carbocycles. The zero-order valence-electron chi connectivity index (χ0n) is 19.3. The number of fused-ring (bicyclic) bond motifs is 1. The molecular weight excluding hydrogens is 579 g/mol. The molecule has 7 heteroatoms. The number of halogens is 3. The molecule has 3 nitrogen and oxygen atoms in total. The molecule has 176 valence electrons. The summed E-state index contributed by atoms with van der Waals surface area (Å²) in [7, 11) is 0. The summed E-state index contributed by atoms with van der Waals surface area (Å²) in [6.07, 6.45) is 4.87. The average Bonchev–Trinajstić information content (AvgIpc) is 3.14. The molecule has 0 spiro atoms. The Morgan fingerprint density at radius 3 is 2.50 bits per heavy atom. The molecule has 1 atom stereocenters. The zero-order chi connectivity index (χ0) is 24.5. The third-order valence-corrected chi connectivity index (χ3v) is 8.57. The van der Waals surface area contributed by atoms with Gasteiger partial charge in [-0.2, -0.15) is 5.26 Å². The Kier molecular flexibility index (Phi) is 7.61. The maximum Gasteiger partial charge on any atom is 0.148 e. The first-order chi connectivity index (χ1) is 16.2. The van der Waals surface area contributed by atoms with Gasteiger partial charge in [-0.15, -0.1) is 11.3 Å². The van der Waals surface area contributed by atoms with Crippen LogP contribution < -0.4 is 4.74 Å². The van der Waals surface area contributed by atoms with Gasteiger partial charge in [-0.3, -0.25) is 0 Å². The quantitative estimate of drug-likeness (QED) is 0.274. The monoisotopic (exact) mass is 602 g/mol. The van der Waals surface area contributed by atoms with Gasteiger partial charge >= 0.3 is 0 Å². The zero-order valence-corrected chi connectivity index (χ0v) is 23.3. The van der Waals surface area contributed by atoms with Gasteiger partial charge in [0.2, 0.25) is 0 Å². The summed E-state index contributed by atoms with van der Waals surface area (Å²) >= 11 is 8.81. The first-order valence-electron chi connectivity index (χ1n) is 11.1. The van der Waals surface area contributed by atoms with Crippen molar-refractivity contribution in [2.75, 3.05) is 0 Å². The highest BCUT2D eigenvalue weighted by Crippen LogP contribution is 2.45. The molecule has 0 saturated heterocycles. The topological polar surface area (TPSA) is 45.4 Å². The molecule has 0 N–H and O–H groups in total. The second-order valence-electron chi connectivity index (χ2n) is 9.59. The van der Waals surface area contributed by atoms with Crippen LogP contribution in [0.1, 0.15) is 54.3 Å². The standard InChI is InChI=1S/C27H25Br2FN2OS/c1-27(2,3)18-6-9-20-21(13-31)26(34-24(20)12-18)32-14-17-10-22(28)25(23(29)11-17)33-15-16-4-7-19(30)8-5-16/h4-5,7-8,10-11,14,18H,6,9,12,15H2,1-3H3/t18-/m1/s1. The number of benzene rings is 2. The number of aliphatic imine (C=N–C) groups is 1. The normalized spacial score (nSPS) is 15.9. The van der Waals surface area contributed by atoms with Crippen LogP contribution in [0, 0.1) is 28.5 Å². The molecule has 4 rings (SSSR count). The fourth-order valence-corrected chi connectivity index (χ4v) is 6.85. The van der Waals surface area contributed by atoms with Crippen LogP contribution in [0.3, 0.4) is 0 Å². The highest BCUT2D eigenvalue weighted by Gasteiger charge is 2.32. The van der Waals surface area contributed by atoms with Crippen LogP contribution in [-0.2, 0) is 19.4 Å². The third-order valence-electron chi connectivity index (χ3n) is 6.23. The number of ether oxygens (including phenoxy) is 1. The number of rotatable bonds is 5. The summed E-state index contributed by atoms with van der Waals surface area (Å²) in [6.45, 7) is 7.21. The van der Waals surface area contributed by atoms with Crippen molar-refractivity contribution >= 4 is 54.4 Å². The van der Waals surface area contributed by atoms with E-state index in [1.807, 2.05) is 12.1 Å². The lowest BCUT2D eigenvalue weighted by Gasteiger charge is -2.33. The summed E-state index contributed by atoms with van der Waals surface area (Å²) in [5, 5.41) is 10.6. The fraction of sp³-hybridized carbons (Fsp3) is 0.333. The Hall–Kier alpha value is -2.01. The number of nitriles is 1. The predicted molar refractivity (Wildman–Crippen MR) is 144 cm³/mol. The van der Waals surface area contributed by atoms with Crippen LogP contribution in [-0.4, -0.2) is 6.21 Å². The maximum absolute atomic E-state index is 13.1. The van der Waals surface area contributed by atoms with Gasteiger partial charge in [0, 0.05) is 11.1 Å². The summed E-state index contributed by atoms with van der Waals surface area (Å²) < 4.78 is 20.6. The molecule has 0 amide bonds. The van der Waals surface area contributed by atoms with Gasteiger partial charge < -0.3 is 4.74 Å². The van der Waals surface area contributed by atoms with Gasteiger partial charge in [0.25, 0.3) is 0 Å². The average molecular weight is 604 g/mol. The fourth-order valence-electron chi connectivity index (χ4n) is 4.18. The molecule has 0 fully saturated rings. The van der Waals surface area contributed by atoms with Crippen LogP contribution in [0.5, 0.6) is 5.75 Å². The van der Waals surface area contributed by atoms with E-state index in [9.17, 15) is 9.65 Å². The van der Waals surface area contributed by atoms with Crippen molar-refractivity contribution in [2.45, 2.75) is 46.6 Å². The van der Waals surface area contributed by atoms with E-state index in [4.69, 9.17) is 9.73 Å². The van der Waals surface area contributed by atoms with Crippen molar-refractivity contribution in [2.24, 2.45) is 16.3 Å². The second kappa shape index (κ2) is 10.3. The highest BCUT2D eigenvalue weighted by atomic mass is 79.9. The number of hydrogen-bond donors (Lipinski definition) is 0. The summed E-state index contributed by atoms with van der Waals surface area (Å²) in [5.41, 5.74) is 3.94. The van der Waals surface area contributed by atoms with Crippen molar-refractivity contribution in [1.29, 1.82) is 5.26 Å². The highest BCUT2D eigenvalue weighted by molar-refractivity contribution is 9.11. The molecule has 0 aliphatic heterocycles. The van der Waals surface area contributed by atoms with Crippen molar-refractivity contribution in [3.05, 3.63) is 78.3 Å². The number of thiophene rings is 1. The molecule has 0 saturated carbocycles.